The molecule has 2 rings (SSSR count). The number of nitrogens with one attached hydrogen (secondary N) is 1. The summed E-state index contributed by atoms with van der Waals surface area (Å²) in [4.78, 5) is 1.17. The van der Waals surface area contributed by atoms with E-state index in [2.05, 4.69) is 12.2 Å². The van der Waals surface area contributed by atoms with Gasteiger partial charge in [-0.25, -0.2) is 0 Å². The van der Waals surface area contributed by atoms with Crippen molar-refractivity contribution in [2.75, 3.05) is 13.7 Å². The smallest absolute Gasteiger partial charge is 0.129 e. The summed E-state index contributed by atoms with van der Waals surface area (Å²) in [5.41, 5.74) is 0.997. The summed E-state index contributed by atoms with van der Waals surface area (Å²) in [6, 6.07) is 7.64. The van der Waals surface area contributed by atoms with Gasteiger partial charge in [-0.15, -0.1) is 11.3 Å². The molecule has 0 aliphatic heterocycles. The third-order valence-electron chi connectivity index (χ3n) is 2.98. The van der Waals surface area contributed by atoms with Crippen molar-refractivity contribution in [3.63, 3.8) is 0 Å². The molecule has 1 aromatic carbocycles. The molecule has 1 aromatic heterocycles. The highest BCUT2D eigenvalue weighted by Gasteiger charge is 2.19. The molecule has 0 bridgehead atoms. The zero-order chi connectivity index (χ0) is 14.5. The first-order valence-electron chi connectivity index (χ1n) is 6.46. The molecule has 2 aromatic rings. The highest BCUT2D eigenvalue weighted by Crippen LogP contribution is 2.35. The Kier molecular flexibility index (Phi) is 5.73. The molecule has 0 fully saturated rings. The molecule has 0 saturated heterocycles. The summed E-state index contributed by atoms with van der Waals surface area (Å²) in [5, 5.41) is 6.92. The van der Waals surface area contributed by atoms with Gasteiger partial charge in [0.05, 0.1) is 13.2 Å². The van der Waals surface area contributed by atoms with Gasteiger partial charge in [0.25, 0.3) is 0 Å². The number of hydrogen-bond donors (Lipinski definition) is 1. The van der Waals surface area contributed by atoms with Crippen LogP contribution in [0, 0.1) is 0 Å². The quantitative estimate of drug-likeness (QED) is 0.790. The van der Waals surface area contributed by atoms with Crippen LogP contribution in [0.25, 0.3) is 0 Å². The van der Waals surface area contributed by atoms with E-state index in [-0.39, 0.29) is 6.04 Å². The van der Waals surface area contributed by atoms with Crippen LogP contribution in [-0.2, 0) is 0 Å². The van der Waals surface area contributed by atoms with Crippen molar-refractivity contribution in [1.29, 1.82) is 0 Å². The summed E-state index contributed by atoms with van der Waals surface area (Å²) in [6.07, 6.45) is 1.05. The molecule has 0 radical (unpaired) electrons. The van der Waals surface area contributed by atoms with E-state index in [9.17, 15) is 0 Å². The standard InChI is InChI=1S/C15H17Cl2NOS/c1-3-6-18-15(14-8-11(19-2)9-20-14)12-7-10(16)4-5-13(12)17/h4-5,7-9,15,18H,3,6H2,1-2H3. The number of halogens is 2. The first-order valence-corrected chi connectivity index (χ1v) is 8.10. The molecular weight excluding hydrogens is 313 g/mol. The minimum absolute atomic E-state index is 0.0371. The normalized spacial score (nSPS) is 12.4. The van der Waals surface area contributed by atoms with Crippen LogP contribution >= 0.6 is 34.5 Å². The molecule has 0 aliphatic rings. The van der Waals surface area contributed by atoms with Crippen LogP contribution in [0.4, 0.5) is 0 Å². The Hall–Kier alpha value is -0.740. The predicted molar refractivity (Wildman–Crippen MR) is 87.5 cm³/mol. The van der Waals surface area contributed by atoms with Gasteiger partial charge in [-0.3, -0.25) is 0 Å². The Balaban J connectivity index is 2.38. The van der Waals surface area contributed by atoms with E-state index >= 15 is 0 Å². The number of methoxy groups -OCH3 is 1. The van der Waals surface area contributed by atoms with Crippen molar-refractivity contribution in [3.8, 4) is 5.75 Å². The van der Waals surface area contributed by atoms with E-state index in [1.54, 1.807) is 24.5 Å². The minimum Gasteiger partial charge on any atom is -0.496 e. The second-order valence-corrected chi connectivity index (χ2v) is 6.23. The van der Waals surface area contributed by atoms with E-state index in [0.717, 1.165) is 29.3 Å². The lowest BCUT2D eigenvalue weighted by molar-refractivity contribution is 0.416. The van der Waals surface area contributed by atoms with E-state index in [1.807, 2.05) is 23.6 Å². The number of benzene rings is 1. The lowest BCUT2D eigenvalue weighted by Gasteiger charge is -2.19. The van der Waals surface area contributed by atoms with Crippen LogP contribution in [0.1, 0.15) is 29.8 Å². The van der Waals surface area contributed by atoms with Crippen LogP contribution in [0.3, 0.4) is 0 Å². The van der Waals surface area contributed by atoms with Gasteiger partial charge in [0.15, 0.2) is 0 Å². The Morgan fingerprint density at radius 2 is 2.10 bits per heavy atom. The second-order valence-electron chi connectivity index (χ2n) is 4.44. The Morgan fingerprint density at radius 3 is 2.75 bits per heavy atom. The minimum atomic E-state index is 0.0371. The average molecular weight is 330 g/mol. The Bertz CT molecular complexity index is 571. The fourth-order valence-electron chi connectivity index (χ4n) is 1.98. The third kappa shape index (κ3) is 3.67. The van der Waals surface area contributed by atoms with Crippen LogP contribution in [-0.4, -0.2) is 13.7 Å². The van der Waals surface area contributed by atoms with Crippen LogP contribution in [0.5, 0.6) is 5.75 Å². The number of ether oxygens (including phenoxy) is 1. The number of rotatable bonds is 6. The lowest BCUT2D eigenvalue weighted by atomic mass is 10.0. The maximum Gasteiger partial charge on any atom is 0.129 e. The van der Waals surface area contributed by atoms with Gasteiger partial charge in [-0.1, -0.05) is 30.1 Å². The largest absolute Gasteiger partial charge is 0.496 e. The molecule has 5 heteroatoms. The Labute approximate surface area is 133 Å². The molecule has 1 N–H and O–H groups in total. The van der Waals surface area contributed by atoms with E-state index in [4.69, 9.17) is 27.9 Å². The van der Waals surface area contributed by atoms with Gasteiger partial charge >= 0.3 is 0 Å². The summed E-state index contributed by atoms with van der Waals surface area (Å²) in [6.45, 7) is 3.05. The zero-order valence-electron chi connectivity index (χ0n) is 11.5. The summed E-state index contributed by atoms with van der Waals surface area (Å²) < 4.78 is 5.26. The number of thiophene rings is 1. The Morgan fingerprint density at radius 1 is 1.30 bits per heavy atom. The molecular formula is C15H17Cl2NOS. The van der Waals surface area contributed by atoms with Gasteiger partial charge < -0.3 is 10.1 Å². The molecule has 0 saturated carbocycles. The van der Waals surface area contributed by atoms with E-state index in [0.29, 0.717) is 5.02 Å². The predicted octanol–water partition coefficient (Wildman–Crippen LogP) is 5.15. The van der Waals surface area contributed by atoms with Crippen LogP contribution in [0.2, 0.25) is 10.0 Å². The van der Waals surface area contributed by atoms with Gasteiger partial charge in [-0.05, 0) is 42.8 Å². The van der Waals surface area contributed by atoms with Crippen molar-refractivity contribution in [3.05, 3.63) is 50.1 Å². The summed E-state index contributed by atoms with van der Waals surface area (Å²) in [5.74, 6) is 0.867. The highest BCUT2D eigenvalue weighted by molar-refractivity contribution is 7.10. The summed E-state index contributed by atoms with van der Waals surface area (Å²) >= 11 is 14.1. The topological polar surface area (TPSA) is 21.3 Å². The molecule has 1 unspecified atom stereocenters. The van der Waals surface area contributed by atoms with E-state index < -0.39 is 0 Å². The highest BCUT2D eigenvalue weighted by atomic mass is 35.5. The van der Waals surface area contributed by atoms with Crippen LogP contribution in [0.15, 0.2) is 29.6 Å². The zero-order valence-corrected chi connectivity index (χ0v) is 13.8. The molecule has 1 atom stereocenters. The molecule has 108 valence electrons. The molecule has 0 aliphatic carbocycles. The maximum absolute atomic E-state index is 6.34. The van der Waals surface area contributed by atoms with Gasteiger partial charge in [-0.2, -0.15) is 0 Å². The van der Waals surface area contributed by atoms with E-state index in [1.165, 1.54) is 4.88 Å². The van der Waals surface area contributed by atoms with Gasteiger partial charge in [0.1, 0.15) is 5.75 Å². The molecule has 0 amide bonds. The summed E-state index contributed by atoms with van der Waals surface area (Å²) in [7, 11) is 1.67. The first-order chi connectivity index (χ1) is 9.65. The fourth-order valence-corrected chi connectivity index (χ4v) is 3.34. The van der Waals surface area contributed by atoms with Crippen molar-refractivity contribution in [1.82, 2.24) is 5.32 Å². The van der Waals surface area contributed by atoms with Crippen molar-refractivity contribution in [2.45, 2.75) is 19.4 Å². The number of hydrogen-bond acceptors (Lipinski definition) is 3. The van der Waals surface area contributed by atoms with Crippen molar-refractivity contribution in [2.24, 2.45) is 0 Å². The molecule has 1 heterocycles. The fraction of sp³-hybridized carbons (Fsp3) is 0.333. The lowest BCUT2D eigenvalue weighted by Crippen LogP contribution is -2.22. The average Bonchev–Trinajstić information content (AvgIpc) is 2.92. The second kappa shape index (κ2) is 7.32. The third-order valence-corrected chi connectivity index (χ3v) is 4.54. The molecule has 0 spiro atoms. The van der Waals surface area contributed by atoms with Crippen molar-refractivity contribution >= 4 is 34.5 Å². The van der Waals surface area contributed by atoms with Gasteiger partial charge in [0, 0.05) is 20.3 Å². The monoisotopic (exact) mass is 329 g/mol. The maximum atomic E-state index is 6.34. The SMILES string of the molecule is CCCNC(c1cc(OC)cs1)c1cc(Cl)ccc1Cl. The molecule has 20 heavy (non-hydrogen) atoms. The first kappa shape index (κ1) is 15.6. The van der Waals surface area contributed by atoms with Crippen LogP contribution < -0.4 is 10.1 Å². The van der Waals surface area contributed by atoms with Gasteiger partial charge in [0.2, 0.25) is 0 Å². The molecule has 2 nitrogen and oxygen atoms in total. The van der Waals surface area contributed by atoms with Crippen molar-refractivity contribution < 1.29 is 4.74 Å².